The number of carbonyl (C=O) groups is 1. The Balaban J connectivity index is 1.61. The van der Waals surface area contributed by atoms with Crippen molar-refractivity contribution in [3.8, 4) is 16.9 Å². The standard InChI is InChI=1S/C31H25F2NO3/c1-4-36-30-19(3)31-25(26(17-37-31)23-11-7-9-20-8-5-6-10-22(20)23)16-24(30)18(2)14-29(35)34-21-12-13-27(32)28(33)15-21/h5-17H,4H2,1-3H3,(H,34,35)/b18-14+. The molecule has 1 amide bonds. The number of fused-ring (bicyclic) bond motifs is 2. The molecule has 0 bridgehead atoms. The summed E-state index contributed by atoms with van der Waals surface area (Å²) >= 11 is 0. The maximum Gasteiger partial charge on any atom is 0.248 e. The number of amides is 1. The van der Waals surface area contributed by atoms with E-state index >= 15 is 0 Å². The zero-order valence-electron chi connectivity index (χ0n) is 20.7. The van der Waals surface area contributed by atoms with Crippen molar-refractivity contribution < 1.29 is 22.7 Å². The van der Waals surface area contributed by atoms with Crippen molar-refractivity contribution in [3.63, 3.8) is 0 Å². The monoisotopic (exact) mass is 497 g/mol. The van der Waals surface area contributed by atoms with Crippen LogP contribution in [0.5, 0.6) is 5.75 Å². The number of halogens is 2. The van der Waals surface area contributed by atoms with Gasteiger partial charge in [0.05, 0.1) is 12.9 Å². The lowest BCUT2D eigenvalue weighted by Crippen LogP contribution is -2.09. The summed E-state index contributed by atoms with van der Waals surface area (Å²) in [6.07, 6.45) is 3.18. The van der Waals surface area contributed by atoms with Crippen LogP contribution in [0.15, 0.2) is 83.5 Å². The van der Waals surface area contributed by atoms with Crippen LogP contribution in [0.1, 0.15) is 25.0 Å². The van der Waals surface area contributed by atoms with Crippen LogP contribution in [0.3, 0.4) is 0 Å². The van der Waals surface area contributed by atoms with E-state index in [1.807, 2.05) is 45.0 Å². The van der Waals surface area contributed by atoms with Gasteiger partial charge in [-0.2, -0.15) is 0 Å². The first-order valence-electron chi connectivity index (χ1n) is 12.0. The molecule has 0 unspecified atom stereocenters. The molecule has 5 rings (SSSR count). The predicted octanol–water partition coefficient (Wildman–Crippen LogP) is 8.28. The molecule has 0 aliphatic heterocycles. The number of allylic oxidation sites excluding steroid dienone is 1. The molecule has 186 valence electrons. The first-order chi connectivity index (χ1) is 17.9. The molecule has 0 fully saturated rings. The SMILES string of the molecule is CCOc1c(/C(C)=C/C(=O)Nc2ccc(F)c(F)c2)cc2c(-c3cccc4ccccc34)coc2c1C. The number of carbonyl (C=O) groups excluding carboxylic acids is 1. The lowest BCUT2D eigenvalue weighted by atomic mass is 9.94. The largest absolute Gasteiger partial charge is 0.493 e. The molecule has 1 aromatic heterocycles. The van der Waals surface area contributed by atoms with Crippen LogP contribution >= 0.6 is 0 Å². The molecule has 0 radical (unpaired) electrons. The van der Waals surface area contributed by atoms with Crippen LogP contribution in [0.4, 0.5) is 14.5 Å². The van der Waals surface area contributed by atoms with E-state index in [9.17, 15) is 13.6 Å². The second-order valence-electron chi connectivity index (χ2n) is 8.81. The molecular weight excluding hydrogens is 472 g/mol. The second kappa shape index (κ2) is 9.90. The summed E-state index contributed by atoms with van der Waals surface area (Å²) in [4.78, 5) is 12.7. The van der Waals surface area contributed by atoms with Crippen molar-refractivity contribution in [2.75, 3.05) is 11.9 Å². The van der Waals surface area contributed by atoms with Crippen molar-refractivity contribution in [1.29, 1.82) is 0 Å². The molecule has 37 heavy (non-hydrogen) atoms. The molecular formula is C31H25F2NO3. The first-order valence-corrected chi connectivity index (χ1v) is 12.0. The average molecular weight is 498 g/mol. The number of furan rings is 1. The van der Waals surface area contributed by atoms with Gasteiger partial charge in [0, 0.05) is 39.9 Å². The van der Waals surface area contributed by atoms with E-state index in [4.69, 9.17) is 9.15 Å². The fraction of sp³-hybridized carbons (Fsp3) is 0.129. The normalized spacial score (nSPS) is 11.8. The maximum absolute atomic E-state index is 13.6. The summed E-state index contributed by atoms with van der Waals surface area (Å²) in [6, 6.07) is 19.5. The summed E-state index contributed by atoms with van der Waals surface area (Å²) < 4.78 is 38.8. The van der Waals surface area contributed by atoms with Gasteiger partial charge in [-0.1, -0.05) is 42.5 Å². The molecule has 6 heteroatoms. The van der Waals surface area contributed by atoms with E-state index < -0.39 is 17.5 Å². The van der Waals surface area contributed by atoms with Gasteiger partial charge in [-0.25, -0.2) is 8.78 Å². The Labute approximate surface area is 213 Å². The zero-order valence-corrected chi connectivity index (χ0v) is 20.7. The maximum atomic E-state index is 13.6. The summed E-state index contributed by atoms with van der Waals surface area (Å²) in [5.41, 5.74) is 5.09. The van der Waals surface area contributed by atoms with E-state index in [0.717, 1.165) is 50.5 Å². The van der Waals surface area contributed by atoms with Gasteiger partial charge < -0.3 is 14.5 Å². The zero-order chi connectivity index (χ0) is 26.1. The van der Waals surface area contributed by atoms with Crippen molar-refractivity contribution in [2.45, 2.75) is 20.8 Å². The number of hydrogen-bond donors (Lipinski definition) is 1. The lowest BCUT2D eigenvalue weighted by Gasteiger charge is -2.15. The third-order valence-electron chi connectivity index (χ3n) is 6.37. The molecule has 4 nitrogen and oxygen atoms in total. The number of anilines is 1. The summed E-state index contributed by atoms with van der Waals surface area (Å²) in [5.74, 6) is -1.84. The van der Waals surface area contributed by atoms with Gasteiger partial charge in [0.1, 0.15) is 11.3 Å². The third kappa shape index (κ3) is 4.58. The number of benzene rings is 4. The van der Waals surface area contributed by atoms with Crippen LogP contribution in [-0.2, 0) is 4.79 Å². The third-order valence-corrected chi connectivity index (χ3v) is 6.37. The smallest absolute Gasteiger partial charge is 0.248 e. The molecule has 1 N–H and O–H groups in total. The molecule has 0 aliphatic carbocycles. The van der Waals surface area contributed by atoms with Crippen LogP contribution in [0.25, 0.3) is 38.4 Å². The highest BCUT2D eigenvalue weighted by molar-refractivity contribution is 6.08. The molecule has 0 saturated carbocycles. The molecule has 0 spiro atoms. The van der Waals surface area contributed by atoms with Gasteiger partial charge in [0.15, 0.2) is 11.6 Å². The molecule has 4 aromatic carbocycles. The van der Waals surface area contributed by atoms with Crippen LogP contribution in [0, 0.1) is 18.6 Å². The quantitative estimate of drug-likeness (QED) is 0.240. The average Bonchev–Trinajstić information content (AvgIpc) is 3.31. The number of ether oxygens (including phenoxy) is 1. The molecule has 1 heterocycles. The van der Waals surface area contributed by atoms with Gasteiger partial charge in [0.2, 0.25) is 5.91 Å². The Kier molecular flexibility index (Phi) is 6.49. The minimum absolute atomic E-state index is 0.165. The molecule has 0 saturated heterocycles. The van der Waals surface area contributed by atoms with Gasteiger partial charge in [0.25, 0.3) is 0 Å². The summed E-state index contributed by atoms with van der Waals surface area (Å²) in [7, 11) is 0. The lowest BCUT2D eigenvalue weighted by molar-refractivity contribution is -0.111. The van der Waals surface area contributed by atoms with Gasteiger partial charge in [-0.3, -0.25) is 4.79 Å². The number of hydrogen-bond acceptors (Lipinski definition) is 3. The molecule has 0 aliphatic rings. The number of rotatable bonds is 6. The van der Waals surface area contributed by atoms with Crippen molar-refractivity contribution in [2.24, 2.45) is 0 Å². The first kappa shape index (κ1) is 24.3. The molecule has 5 aromatic rings. The van der Waals surface area contributed by atoms with Gasteiger partial charge in [-0.15, -0.1) is 0 Å². The number of nitrogens with one attached hydrogen (secondary N) is 1. The predicted molar refractivity (Wildman–Crippen MR) is 144 cm³/mol. The topological polar surface area (TPSA) is 51.5 Å². The Morgan fingerprint density at radius 3 is 2.54 bits per heavy atom. The Morgan fingerprint density at radius 2 is 1.76 bits per heavy atom. The highest BCUT2D eigenvalue weighted by Crippen LogP contribution is 2.42. The minimum atomic E-state index is -1.03. The van der Waals surface area contributed by atoms with E-state index in [1.54, 1.807) is 6.26 Å². The Bertz CT molecular complexity index is 1680. The van der Waals surface area contributed by atoms with E-state index in [1.165, 1.54) is 12.1 Å². The van der Waals surface area contributed by atoms with Crippen LogP contribution in [-0.4, -0.2) is 12.5 Å². The van der Waals surface area contributed by atoms with E-state index in [-0.39, 0.29) is 5.69 Å². The minimum Gasteiger partial charge on any atom is -0.493 e. The fourth-order valence-electron chi connectivity index (χ4n) is 4.63. The van der Waals surface area contributed by atoms with Crippen LogP contribution < -0.4 is 10.1 Å². The summed E-state index contributed by atoms with van der Waals surface area (Å²) in [6.45, 7) is 6.07. The van der Waals surface area contributed by atoms with Crippen molar-refractivity contribution in [1.82, 2.24) is 0 Å². The highest BCUT2D eigenvalue weighted by atomic mass is 19.2. The highest BCUT2D eigenvalue weighted by Gasteiger charge is 2.20. The van der Waals surface area contributed by atoms with Crippen molar-refractivity contribution in [3.05, 3.63) is 102 Å². The summed E-state index contributed by atoms with van der Waals surface area (Å²) in [5, 5.41) is 5.73. The van der Waals surface area contributed by atoms with Gasteiger partial charge >= 0.3 is 0 Å². The molecule has 0 atom stereocenters. The van der Waals surface area contributed by atoms with Crippen molar-refractivity contribution >= 4 is 38.9 Å². The Morgan fingerprint density at radius 1 is 0.973 bits per heavy atom. The van der Waals surface area contributed by atoms with Crippen LogP contribution in [0.2, 0.25) is 0 Å². The fourth-order valence-corrected chi connectivity index (χ4v) is 4.63. The van der Waals surface area contributed by atoms with E-state index in [2.05, 4.69) is 29.6 Å². The second-order valence-corrected chi connectivity index (χ2v) is 8.81. The van der Waals surface area contributed by atoms with Gasteiger partial charge in [-0.05, 0) is 60.9 Å². The Hall–Kier alpha value is -4.45. The number of aryl methyl sites for hydroxylation is 1. The van der Waals surface area contributed by atoms with E-state index in [0.29, 0.717) is 23.5 Å².